The van der Waals surface area contributed by atoms with Crippen LogP contribution >= 0.6 is 11.6 Å². The van der Waals surface area contributed by atoms with E-state index in [2.05, 4.69) is 5.32 Å². The van der Waals surface area contributed by atoms with Crippen LogP contribution < -0.4 is 5.32 Å². The van der Waals surface area contributed by atoms with Crippen molar-refractivity contribution in [2.24, 2.45) is 0 Å². The molecule has 3 rings (SSSR count). The van der Waals surface area contributed by atoms with Crippen LogP contribution in [-0.2, 0) is 14.8 Å². The van der Waals surface area contributed by atoms with E-state index in [9.17, 15) is 23.3 Å². The second-order valence-electron chi connectivity index (χ2n) is 6.49. The van der Waals surface area contributed by atoms with E-state index in [0.717, 1.165) is 6.07 Å². The molecule has 0 atom stereocenters. The first kappa shape index (κ1) is 21.2. The molecule has 1 fully saturated rings. The maximum absolute atomic E-state index is 12.8. The molecule has 11 heteroatoms. The summed E-state index contributed by atoms with van der Waals surface area (Å²) in [6, 6.07) is 11.8. The second-order valence-corrected chi connectivity index (χ2v) is 8.87. The highest BCUT2D eigenvalue weighted by molar-refractivity contribution is 7.89. The van der Waals surface area contributed by atoms with Gasteiger partial charge in [-0.1, -0.05) is 23.7 Å². The first-order chi connectivity index (χ1) is 13.8. The van der Waals surface area contributed by atoms with Crippen LogP contribution in [0.25, 0.3) is 0 Å². The summed E-state index contributed by atoms with van der Waals surface area (Å²) in [7, 11) is -3.84. The SMILES string of the molecule is O=C(CN1CCN(S(=O)(=O)c2cccc([N+](=O)[O-])c2)CC1)Nc1cccc(Cl)c1. The zero-order valence-electron chi connectivity index (χ0n) is 15.3. The van der Waals surface area contributed by atoms with Crippen molar-refractivity contribution in [2.45, 2.75) is 4.90 Å². The maximum atomic E-state index is 12.8. The highest BCUT2D eigenvalue weighted by atomic mass is 35.5. The van der Waals surface area contributed by atoms with Gasteiger partial charge in [-0.05, 0) is 24.3 Å². The molecule has 0 spiro atoms. The Morgan fingerprint density at radius 2 is 1.79 bits per heavy atom. The Labute approximate surface area is 173 Å². The van der Waals surface area contributed by atoms with E-state index in [1.165, 1.54) is 22.5 Å². The Morgan fingerprint density at radius 3 is 2.45 bits per heavy atom. The Kier molecular flexibility index (Phi) is 6.48. The van der Waals surface area contributed by atoms with Crippen molar-refractivity contribution in [3.63, 3.8) is 0 Å². The quantitative estimate of drug-likeness (QED) is 0.546. The van der Waals surface area contributed by atoms with E-state index in [1.807, 2.05) is 4.90 Å². The Hall–Kier alpha value is -2.53. The first-order valence-corrected chi connectivity index (χ1v) is 10.6. The van der Waals surface area contributed by atoms with Gasteiger partial charge in [-0.15, -0.1) is 0 Å². The molecule has 1 aliphatic heterocycles. The number of hydrogen-bond acceptors (Lipinski definition) is 6. The minimum Gasteiger partial charge on any atom is -0.325 e. The molecular weight excluding hydrogens is 420 g/mol. The number of hydrogen-bond donors (Lipinski definition) is 1. The summed E-state index contributed by atoms with van der Waals surface area (Å²) in [5, 5.41) is 14.2. The zero-order valence-corrected chi connectivity index (χ0v) is 16.9. The first-order valence-electron chi connectivity index (χ1n) is 8.78. The number of carbonyl (C=O) groups is 1. The lowest BCUT2D eigenvalue weighted by Gasteiger charge is -2.33. The van der Waals surface area contributed by atoms with Gasteiger partial charge in [-0.2, -0.15) is 4.31 Å². The number of benzene rings is 2. The van der Waals surface area contributed by atoms with Crippen molar-refractivity contribution in [3.05, 3.63) is 63.7 Å². The molecule has 0 radical (unpaired) electrons. The third-order valence-corrected chi connectivity index (χ3v) is 6.60. The molecule has 0 bridgehead atoms. The van der Waals surface area contributed by atoms with Gasteiger partial charge in [0.1, 0.15) is 0 Å². The van der Waals surface area contributed by atoms with Crippen molar-refractivity contribution in [2.75, 3.05) is 38.0 Å². The highest BCUT2D eigenvalue weighted by Gasteiger charge is 2.30. The molecule has 1 aliphatic rings. The fraction of sp³-hybridized carbons (Fsp3) is 0.278. The molecule has 1 saturated heterocycles. The van der Waals surface area contributed by atoms with E-state index in [-0.39, 0.29) is 36.1 Å². The molecule has 154 valence electrons. The maximum Gasteiger partial charge on any atom is 0.270 e. The standard InChI is InChI=1S/C18H19ClN4O5S/c19-14-3-1-4-15(11-14)20-18(24)13-21-7-9-22(10-8-21)29(27,28)17-6-2-5-16(12-17)23(25)26/h1-6,11-12H,7-10,13H2,(H,20,24). The Bertz CT molecular complexity index is 1020. The third kappa shape index (κ3) is 5.30. The number of carbonyl (C=O) groups excluding carboxylic acids is 1. The Morgan fingerprint density at radius 1 is 1.10 bits per heavy atom. The van der Waals surface area contributed by atoms with Crippen molar-refractivity contribution in [3.8, 4) is 0 Å². The number of piperazine rings is 1. The predicted octanol–water partition coefficient (Wildman–Crippen LogP) is 2.19. The van der Waals surface area contributed by atoms with Crippen LogP contribution in [0.5, 0.6) is 0 Å². The molecule has 2 aromatic carbocycles. The largest absolute Gasteiger partial charge is 0.325 e. The lowest BCUT2D eigenvalue weighted by Crippen LogP contribution is -2.50. The van der Waals surface area contributed by atoms with Gasteiger partial charge >= 0.3 is 0 Å². The molecule has 0 aliphatic carbocycles. The molecular formula is C18H19ClN4O5S. The number of nitrogens with zero attached hydrogens (tertiary/aromatic N) is 3. The number of rotatable bonds is 6. The van der Waals surface area contributed by atoms with Crippen molar-refractivity contribution >= 4 is 38.9 Å². The number of non-ortho nitro benzene ring substituents is 1. The van der Waals surface area contributed by atoms with Gasteiger partial charge in [0, 0.05) is 49.0 Å². The van der Waals surface area contributed by atoms with Crippen molar-refractivity contribution in [1.82, 2.24) is 9.21 Å². The fourth-order valence-corrected chi connectivity index (χ4v) is 4.66. The molecule has 0 saturated carbocycles. The highest BCUT2D eigenvalue weighted by Crippen LogP contribution is 2.22. The number of anilines is 1. The predicted molar refractivity (Wildman–Crippen MR) is 108 cm³/mol. The summed E-state index contributed by atoms with van der Waals surface area (Å²) in [4.78, 5) is 24.2. The van der Waals surface area contributed by atoms with E-state index >= 15 is 0 Å². The zero-order chi connectivity index (χ0) is 21.0. The van der Waals surface area contributed by atoms with Gasteiger partial charge in [-0.3, -0.25) is 19.8 Å². The van der Waals surface area contributed by atoms with Crippen molar-refractivity contribution < 1.29 is 18.1 Å². The second kappa shape index (κ2) is 8.87. The normalized spacial score (nSPS) is 15.8. The van der Waals surface area contributed by atoms with Crippen LogP contribution in [0, 0.1) is 10.1 Å². The van der Waals surface area contributed by atoms with E-state index in [4.69, 9.17) is 11.6 Å². The van der Waals surface area contributed by atoms with Gasteiger partial charge in [-0.25, -0.2) is 8.42 Å². The van der Waals surface area contributed by atoms with Gasteiger partial charge < -0.3 is 5.32 Å². The average molecular weight is 439 g/mol. The minimum atomic E-state index is -3.84. The fourth-order valence-electron chi connectivity index (χ4n) is 3.00. The van der Waals surface area contributed by atoms with Gasteiger partial charge in [0.05, 0.1) is 16.4 Å². The number of nitro groups is 1. The van der Waals surface area contributed by atoms with Crippen LogP contribution in [0.1, 0.15) is 0 Å². The lowest BCUT2D eigenvalue weighted by atomic mass is 10.3. The topological polar surface area (TPSA) is 113 Å². The number of nitro benzene ring substituents is 1. The lowest BCUT2D eigenvalue weighted by molar-refractivity contribution is -0.385. The molecule has 1 amide bonds. The summed E-state index contributed by atoms with van der Waals surface area (Å²) in [5.41, 5.74) is 0.316. The van der Waals surface area contributed by atoms with E-state index < -0.39 is 14.9 Å². The molecule has 0 unspecified atom stereocenters. The van der Waals surface area contributed by atoms with Gasteiger partial charge in [0.25, 0.3) is 5.69 Å². The van der Waals surface area contributed by atoms with E-state index in [1.54, 1.807) is 24.3 Å². The summed E-state index contributed by atoms with van der Waals surface area (Å²) >= 11 is 5.90. The number of nitrogens with one attached hydrogen (secondary N) is 1. The van der Waals surface area contributed by atoms with Crippen LogP contribution in [0.15, 0.2) is 53.4 Å². The van der Waals surface area contributed by atoms with Crippen LogP contribution in [0.4, 0.5) is 11.4 Å². The molecule has 0 aromatic heterocycles. The summed E-state index contributed by atoms with van der Waals surface area (Å²) < 4.78 is 26.8. The molecule has 9 nitrogen and oxygen atoms in total. The van der Waals surface area contributed by atoms with Crippen LogP contribution in [-0.4, -0.2) is 61.2 Å². The summed E-state index contributed by atoms with van der Waals surface area (Å²) in [6.45, 7) is 1.25. The molecule has 1 heterocycles. The van der Waals surface area contributed by atoms with Crippen LogP contribution in [0.3, 0.4) is 0 Å². The van der Waals surface area contributed by atoms with E-state index in [0.29, 0.717) is 23.8 Å². The molecule has 2 aromatic rings. The smallest absolute Gasteiger partial charge is 0.270 e. The molecule has 1 N–H and O–H groups in total. The average Bonchev–Trinajstić information content (AvgIpc) is 2.68. The summed E-state index contributed by atoms with van der Waals surface area (Å²) in [6.07, 6.45) is 0. The molecule has 29 heavy (non-hydrogen) atoms. The van der Waals surface area contributed by atoms with Crippen molar-refractivity contribution in [1.29, 1.82) is 0 Å². The van der Waals surface area contributed by atoms with Gasteiger partial charge in [0.15, 0.2) is 0 Å². The third-order valence-electron chi connectivity index (χ3n) is 4.47. The number of halogens is 1. The Balaban J connectivity index is 1.57. The monoisotopic (exact) mass is 438 g/mol. The minimum absolute atomic E-state index is 0.112. The van der Waals surface area contributed by atoms with Gasteiger partial charge in [0.2, 0.25) is 15.9 Å². The number of amides is 1. The van der Waals surface area contributed by atoms with Crippen LogP contribution in [0.2, 0.25) is 5.02 Å². The summed E-state index contributed by atoms with van der Waals surface area (Å²) in [5.74, 6) is -0.220. The number of sulfonamides is 1.